The Kier molecular flexibility index (Phi) is 2.67. The molecule has 1 aromatic rings. The van der Waals surface area contributed by atoms with Gasteiger partial charge in [-0.1, -0.05) is 0 Å². The first-order valence-electron chi connectivity index (χ1n) is 3.51. The van der Waals surface area contributed by atoms with Crippen LogP contribution in [0, 0.1) is 6.92 Å². The second-order valence-electron chi connectivity index (χ2n) is 2.43. The van der Waals surface area contributed by atoms with Gasteiger partial charge in [0, 0.05) is 11.7 Å². The van der Waals surface area contributed by atoms with Crippen molar-refractivity contribution in [3.63, 3.8) is 0 Å². The van der Waals surface area contributed by atoms with Gasteiger partial charge in [-0.3, -0.25) is 4.98 Å². The van der Waals surface area contributed by atoms with Crippen molar-refractivity contribution >= 4 is 12.6 Å². The minimum Gasteiger partial charge on any atom is -0.495 e. The zero-order valence-electron chi connectivity index (χ0n) is 6.98. The maximum atomic E-state index is 8.88. The Morgan fingerprint density at radius 2 is 2.08 bits per heavy atom. The monoisotopic (exact) mass is 167 g/mol. The molecule has 5 heteroatoms. The van der Waals surface area contributed by atoms with Gasteiger partial charge in [-0.25, -0.2) is 0 Å². The molecule has 0 saturated carbocycles. The summed E-state index contributed by atoms with van der Waals surface area (Å²) in [6.45, 7) is 1.75. The van der Waals surface area contributed by atoms with Gasteiger partial charge in [0.2, 0.25) is 0 Å². The molecule has 0 aliphatic heterocycles. The van der Waals surface area contributed by atoms with Gasteiger partial charge in [-0.05, 0) is 12.5 Å². The fourth-order valence-electron chi connectivity index (χ4n) is 0.987. The molecule has 0 radical (unpaired) electrons. The summed E-state index contributed by atoms with van der Waals surface area (Å²) in [5, 5.41) is 17.8. The van der Waals surface area contributed by atoms with Crippen molar-refractivity contribution < 1.29 is 14.8 Å². The molecular weight excluding hydrogens is 157 g/mol. The lowest BCUT2D eigenvalue weighted by molar-refractivity contribution is 0.407. The second kappa shape index (κ2) is 3.56. The molecule has 2 N–H and O–H groups in total. The molecule has 0 aliphatic carbocycles. The maximum absolute atomic E-state index is 8.88. The summed E-state index contributed by atoms with van der Waals surface area (Å²) in [4.78, 5) is 3.79. The lowest BCUT2D eigenvalue weighted by Gasteiger charge is -2.07. The fourth-order valence-corrected chi connectivity index (χ4v) is 0.987. The molecule has 1 heterocycles. The minimum absolute atomic E-state index is 0.370. The van der Waals surface area contributed by atoms with Gasteiger partial charge in [0.25, 0.3) is 0 Å². The summed E-state index contributed by atoms with van der Waals surface area (Å²) in [6.07, 6.45) is 2.93. The summed E-state index contributed by atoms with van der Waals surface area (Å²) in [6, 6.07) is 0. The normalized spacial score (nSPS) is 9.67. The third kappa shape index (κ3) is 1.57. The van der Waals surface area contributed by atoms with E-state index in [0.29, 0.717) is 16.8 Å². The van der Waals surface area contributed by atoms with E-state index >= 15 is 0 Å². The van der Waals surface area contributed by atoms with E-state index in [1.165, 1.54) is 19.5 Å². The van der Waals surface area contributed by atoms with Gasteiger partial charge in [-0.15, -0.1) is 0 Å². The SMILES string of the molecule is COc1cncc(B(O)O)c1C. The summed E-state index contributed by atoms with van der Waals surface area (Å²) >= 11 is 0. The number of hydrogen-bond donors (Lipinski definition) is 2. The Morgan fingerprint density at radius 1 is 1.42 bits per heavy atom. The second-order valence-corrected chi connectivity index (χ2v) is 2.43. The summed E-state index contributed by atoms with van der Waals surface area (Å²) < 4.78 is 4.95. The molecule has 64 valence electrons. The molecular formula is C7H10BNO3. The van der Waals surface area contributed by atoms with Crippen LogP contribution in [-0.2, 0) is 0 Å². The van der Waals surface area contributed by atoms with Crippen molar-refractivity contribution in [1.82, 2.24) is 4.98 Å². The van der Waals surface area contributed by atoms with E-state index in [9.17, 15) is 0 Å². The summed E-state index contributed by atoms with van der Waals surface area (Å²) in [7, 11) is 0.0185. The Hall–Kier alpha value is -1.07. The molecule has 0 saturated heterocycles. The van der Waals surface area contributed by atoms with Crippen molar-refractivity contribution in [3.8, 4) is 5.75 Å². The van der Waals surface area contributed by atoms with E-state index in [0.717, 1.165) is 0 Å². The molecule has 4 nitrogen and oxygen atoms in total. The largest absolute Gasteiger partial charge is 0.495 e. The molecule has 0 aliphatic rings. The quantitative estimate of drug-likeness (QED) is 0.559. The number of pyridine rings is 1. The predicted octanol–water partition coefficient (Wildman–Crippen LogP) is -0.922. The Labute approximate surface area is 71.0 Å². The number of rotatable bonds is 2. The number of hydrogen-bond acceptors (Lipinski definition) is 4. The number of nitrogens with zero attached hydrogens (tertiary/aromatic N) is 1. The zero-order valence-corrected chi connectivity index (χ0v) is 6.98. The Bertz CT molecular complexity index is 277. The van der Waals surface area contributed by atoms with Crippen molar-refractivity contribution in [2.24, 2.45) is 0 Å². The molecule has 0 amide bonds. The van der Waals surface area contributed by atoms with Crippen LogP contribution in [0.4, 0.5) is 0 Å². The van der Waals surface area contributed by atoms with Crippen LogP contribution in [-0.4, -0.2) is 29.3 Å². The van der Waals surface area contributed by atoms with E-state index in [1.54, 1.807) is 6.92 Å². The lowest BCUT2D eigenvalue weighted by Crippen LogP contribution is -2.32. The van der Waals surface area contributed by atoms with Crippen LogP contribution in [0.3, 0.4) is 0 Å². The van der Waals surface area contributed by atoms with Gasteiger partial charge in [0.15, 0.2) is 0 Å². The summed E-state index contributed by atoms with van der Waals surface area (Å²) in [5.41, 5.74) is 1.07. The number of ether oxygens (including phenoxy) is 1. The smallest absolute Gasteiger partial charge is 0.490 e. The van der Waals surface area contributed by atoms with Crippen molar-refractivity contribution in [2.75, 3.05) is 7.11 Å². The topological polar surface area (TPSA) is 62.6 Å². The highest BCUT2D eigenvalue weighted by molar-refractivity contribution is 6.59. The summed E-state index contributed by atoms with van der Waals surface area (Å²) in [5.74, 6) is 0.556. The highest BCUT2D eigenvalue weighted by Gasteiger charge is 2.16. The van der Waals surface area contributed by atoms with E-state index in [-0.39, 0.29) is 0 Å². The molecule has 0 aromatic carbocycles. The molecule has 0 bridgehead atoms. The number of methoxy groups -OCH3 is 1. The average Bonchev–Trinajstić information content (AvgIpc) is 2.04. The molecule has 12 heavy (non-hydrogen) atoms. The molecule has 0 spiro atoms. The van der Waals surface area contributed by atoms with Gasteiger partial charge in [-0.2, -0.15) is 0 Å². The van der Waals surface area contributed by atoms with E-state index in [1.807, 2.05) is 0 Å². The first-order valence-corrected chi connectivity index (χ1v) is 3.51. The maximum Gasteiger partial charge on any atom is 0.490 e. The van der Waals surface area contributed by atoms with Gasteiger partial charge >= 0.3 is 7.12 Å². The third-order valence-corrected chi connectivity index (χ3v) is 1.71. The van der Waals surface area contributed by atoms with Gasteiger partial charge in [0.05, 0.1) is 13.3 Å². The molecule has 0 fully saturated rings. The third-order valence-electron chi connectivity index (χ3n) is 1.71. The van der Waals surface area contributed by atoms with Crippen molar-refractivity contribution in [3.05, 3.63) is 18.0 Å². The van der Waals surface area contributed by atoms with Crippen LogP contribution in [0.5, 0.6) is 5.75 Å². The van der Waals surface area contributed by atoms with Gasteiger partial charge in [0.1, 0.15) is 5.75 Å². The highest BCUT2D eigenvalue weighted by atomic mass is 16.5. The fraction of sp³-hybridized carbons (Fsp3) is 0.286. The average molecular weight is 167 g/mol. The first-order chi connectivity index (χ1) is 5.66. The first kappa shape index (κ1) is 9.03. The lowest BCUT2D eigenvalue weighted by atomic mass is 9.78. The standard InChI is InChI=1S/C7H10BNO3/c1-5-6(8(10)11)3-9-4-7(5)12-2/h3-4,10-11H,1-2H3. The van der Waals surface area contributed by atoms with E-state index in [2.05, 4.69) is 4.98 Å². The van der Waals surface area contributed by atoms with E-state index in [4.69, 9.17) is 14.8 Å². The highest BCUT2D eigenvalue weighted by Crippen LogP contribution is 2.11. The molecule has 1 aromatic heterocycles. The van der Waals surface area contributed by atoms with Crippen LogP contribution in [0.25, 0.3) is 0 Å². The zero-order chi connectivity index (χ0) is 9.14. The minimum atomic E-state index is -1.49. The van der Waals surface area contributed by atoms with Gasteiger partial charge < -0.3 is 14.8 Å². The Balaban J connectivity index is 3.14. The van der Waals surface area contributed by atoms with Crippen LogP contribution >= 0.6 is 0 Å². The number of aromatic nitrogens is 1. The molecule has 0 atom stereocenters. The van der Waals surface area contributed by atoms with Crippen molar-refractivity contribution in [1.29, 1.82) is 0 Å². The van der Waals surface area contributed by atoms with Crippen LogP contribution < -0.4 is 10.2 Å². The van der Waals surface area contributed by atoms with Crippen LogP contribution in [0.15, 0.2) is 12.4 Å². The predicted molar refractivity (Wildman–Crippen MR) is 45.4 cm³/mol. The van der Waals surface area contributed by atoms with Crippen LogP contribution in [0.1, 0.15) is 5.56 Å². The van der Waals surface area contributed by atoms with Crippen LogP contribution in [0.2, 0.25) is 0 Å². The molecule has 0 unspecified atom stereocenters. The molecule has 1 rings (SSSR count). The van der Waals surface area contributed by atoms with Crippen molar-refractivity contribution in [2.45, 2.75) is 6.92 Å². The Morgan fingerprint density at radius 3 is 2.58 bits per heavy atom. The van der Waals surface area contributed by atoms with E-state index < -0.39 is 7.12 Å².